The van der Waals surface area contributed by atoms with Crippen LogP contribution < -0.4 is 4.40 Å². The van der Waals surface area contributed by atoms with E-state index < -0.39 is 0 Å². The molecule has 0 aliphatic rings. The van der Waals surface area contributed by atoms with Gasteiger partial charge in [-0.2, -0.15) is 4.40 Å². The van der Waals surface area contributed by atoms with Gasteiger partial charge in [-0.15, -0.1) is 4.68 Å². The first-order chi connectivity index (χ1) is 7.20. The van der Waals surface area contributed by atoms with Crippen molar-refractivity contribution in [3.05, 3.63) is 30.1 Å². The molecule has 0 unspecified atom stereocenters. The van der Waals surface area contributed by atoms with Crippen molar-refractivity contribution in [1.82, 2.24) is 14.3 Å². The lowest BCUT2D eigenvalue weighted by Gasteiger charge is -1.90. The number of fused-ring (bicyclic) bond motifs is 3. The summed E-state index contributed by atoms with van der Waals surface area (Å²) in [6.07, 6.45) is 0. The first-order valence-corrected chi connectivity index (χ1v) is 4.99. The Morgan fingerprint density at radius 1 is 1.20 bits per heavy atom. The van der Waals surface area contributed by atoms with Crippen molar-refractivity contribution >= 4 is 16.8 Å². The van der Waals surface area contributed by atoms with Gasteiger partial charge in [0.1, 0.15) is 11.0 Å². The van der Waals surface area contributed by atoms with E-state index in [9.17, 15) is 0 Å². The standard InChI is InChI=1S/C11H13N4/c1-8-14(3)12-11-13(2)9-6-4-5-7-10(9)15(8)11/h4-7H,1-3H3/q+1. The van der Waals surface area contributed by atoms with Gasteiger partial charge in [0.05, 0.1) is 7.05 Å². The zero-order valence-corrected chi connectivity index (χ0v) is 9.10. The first kappa shape index (κ1) is 8.47. The highest BCUT2D eigenvalue weighted by atomic mass is 15.4. The van der Waals surface area contributed by atoms with E-state index in [2.05, 4.69) is 45.3 Å². The summed E-state index contributed by atoms with van der Waals surface area (Å²) in [6.45, 7) is 2.08. The quantitative estimate of drug-likeness (QED) is 0.498. The molecule has 4 heteroatoms. The SMILES string of the molecule is Cc1n(C)nc2n(C)c3ccccc3[n+]12. The van der Waals surface area contributed by atoms with Crippen LogP contribution in [0.4, 0.5) is 0 Å². The fraction of sp³-hybridized carbons (Fsp3) is 0.273. The second-order valence-corrected chi connectivity index (χ2v) is 3.85. The summed E-state index contributed by atoms with van der Waals surface area (Å²) in [5, 5.41) is 4.49. The Labute approximate surface area is 87.4 Å². The molecule has 0 radical (unpaired) electrons. The molecule has 0 saturated heterocycles. The molecule has 0 aliphatic carbocycles. The topological polar surface area (TPSA) is 26.9 Å². The molecule has 76 valence electrons. The number of aryl methyl sites for hydroxylation is 3. The lowest BCUT2D eigenvalue weighted by molar-refractivity contribution is -0.491. The molecular formula is C11H13N4+. The second-order valence-electron chi connectivity index (χ2n) is 3.85. The molecular weight excluding hydrogens is 188 g/mol. The minimum absolute atomic E-state index is 0.983. The molecule has 0 amide bonds. The smallest absolute Gasteiger partial charge is 0.246 e. The molecule has 0 N–H and O–H groups in total. The molecule has 3 rings (SSSR count). The van der Waals surface area contributed by atoms with Crippen molar-refractivity contribution in [2.24, 2.45) is 14.1 Å². The fourth-order valence-electron chi connectivity index (χ4n) is 2.08. The monoisotopic (exact) mass is 201 g/mol. The van der Waals surface area contributed by atoms with Gasteiger partial charge in [-0.1, -0.05) is 12.1 Å². The Morgan fingerprint density at radius 2 is 1.93 bits per heavy atom. The van der Waals surface area contributed by atoms with Gasteiger partial charge in [-0.25, -0.2) is 4.57 Å². The Bertz CT molecular complexity index is 660. The fourth-order valence-corrected chi connectivity index (χ4v) is 2.08. The van der Waals surface area contributed by atoms with E-state index in [0.717, 1.165) is 11.6 Å². The van der Waals surface area contributed by atoms with Gasteiger partial charge in [0, 0.05) is 19.1 Å². The van der Waals surface area contributed by atoms with E-state index in [1.165, 1.54) is 11.0 Å². The predicted molar refractivity (Wildman–Crippen MR) is 57.6 cm³/mol. The van der Waals surface area contributed by atoms with Crippen LogP contribution in [-0.2, 0) is 14.1 Å². The van der Waals surface area contributed by atoms with Gasteiger partial charge in [0.2, 0.25) is 5.82 Å². The van der Waals surface area contributed by atoms with Crippen molar-refractivity contribution in [2.45, 2.75) is 6.92 Å². The number of imidazole rings is 1. The summed E-state index contributed by atoms with van der Waals surface area (Å²) in [6, 6.07) is 8.35. The second kappa shape index (κ2) is 2.59. The van der Waals surface area contributed by atoms with Crippen molar-refractivity contribution in [3.8, 4) is 0 Å². The highest BCUT2D eigenvalue weighted by Gasteiger charge is 2.20. The number of aromatic nitrogens is 4. The van der Waals surface area contributed by atoms with E-state index in [4.69, 9.17) is 0 Å². The molecule has 4 nitrogen and oxygen atoms in total. The number of nitrogens with zero attached hydrogens (tertiary/aromatic N) is 4. The number of hydrogen-bond acceptors (Lipinski definition) is 1. The molecule has 0 fully saturated rings. The third kappa shape index (κ3) is 0.909. The summed E-state index contributed by atoms with van der Waals surface area (Å²) in [7, 11) is 4.02. The molecule has 2 heterocycles. The zero-order chi connectivity index (χ0) is 10.6. The minimum Gasteiger partial charge on any atom is -0.246 e. The molecule has 0 spiro atoms. The number of benzene rings is 1. The molecule has 0 bridgehead atoms. The molecule has 0 aliphatic heterocycles. The van der Waals surface area contributed by atoms with Gasteiger partial charge in [0.15, 0.2) is 0 Å². The van der Waals surface area contributed by atoms with Crippen LogP contribution in [0.2, 0.25) is 0 Å². The maximum Gasteiger partial charge on any atom is 0.389 e. The lowest BCUT2D eigenvalue weighted by Crippen LogP contribution is -2.22. The third-order valence-electron chi connectivity index (χ3n) is 3.02. The summed E-state index contributed by atoms with van der Waals surface area (Å²) in [5.41, 5.74) is 2.42. The largest absolute Gasteiger partial charge is 0.389 e. The molecule has 1 aromatic carbocycles. The van der Waals surface area contributed by atoms with Crippen LogP contribution in [0.15, 0.2) is 24.3 Å². The molecule has 15 heavy (non-hydrogen) atoms. The van der Waals surface area contributed by atoms with Crippen LogP contribution in [0.1, 0.15) is 5.82 Å². The van der Waals surface area contributed by atoms with Gasteiger partial charge < -0.3 is 0 Å². The average molecular weight is 201 g/mol. The van der Waals surface area contributed by atoms with Gasteiger partial charge in [0.25, 0.3) is 0 Å². The van der Waals surface area contributed by atoms with Crippen LogP contribution in [0.25, 0.3) is 16.8 Å². The highest BCUT2D eigenvalue weighted by Crippen LogP contribution is 2.13. The summed E-state index contributed by atoms with van der Waals surface area (Å²) >= 11 is 0. The Balaban J connectivity index is 2.68. The Kier molecular flexibility index (Phi) is 1.46. The summed E-state index contributed by atoms with van der Waals surface area (Å²) < 4.78 is 6.19. The van der Waals surface area contributed by atoms with Crippen LogP contribution in [0.5, 0.6) is 0 Å². The van der Waals surface area contributed by atoms with E-state index in [-0.39, 0.29) is 0 Å². The summed E-state index contributed by atoms with van der Waals surface area (Å²) in [5.74, 6) is 2.12. The highest BCUT2D eigenvalue weighted by molar-refractivity contribution is 5.74. The van der Waals surface area contributed by atoms with E-state index in [0.29, 0.717) is 0 Å². The molecule has 0 atom stereocenters. The van der Waals surface area contributed by atoms with Crippen LogP contribution in [0.3, 0.4) is 0 Å². The van der Waals surface area contributed by atoms with Crippen LogP contribution in [-0.4, -0.2) is 14.3 Å². The van der Waals surface area contributed by atoms with Crippen molar-refractivity contribution in [3.63, 3.8) is 0 Å². The minimum atomic E-state index is 0.983. The predicted octanol–water partition coefficient (Wildman–Crippen LogP) is 0.959. The molecule has 2 aromatic heterocycles. The van der Waals surface area contributed by atoms with Gasteiger partial charge in [-0.3, -0.25) is 0 Å². The normalized spacial score (nSPS) is 11.7. The van der Waals surface area contributed by atoms with Crippen molar-refractivity contribution < 1.29 is 4.40 Å². The van der Waals surface area contributed by atoms with Gasteiger partial charge in [-0.05, 0) is 12.1 Å². The first-order valence-electron chi connectivity index (χ1n) is 4.99. The number of para-hydroxylation sites is 2. The van der Waals surface area contributed by atoms with Crippen LogP contribution in [0, 0.1) is 6.92 Å². The maximum atomic E-state index is 4.49. The van der Waals surface area contributed by atoms with E-state index in [1.54, 1.807) is 0 Å². The zero-order valence-electron chi connectivity index (χ0n) is 9.10. The number of rotatable bonds is 0. The average Bonchev–Trinajstić information content (AvgIpc) is 2.68. The Hall–Kier alpha value is -1.84. The van der Waals surface area contributed by atoms with Crippen molar-refractivity contribution in [1.29, 1.82) is 0 Å². The lowest BCUT2D eigenvalue weighted by atomic mass is 10.3. The third-order valence-corrected chi connectivity index (χ3v) is 3.02. The summed E-state index contributed by atoms with van der Waals surface area (Å²) in [4.78, 5) is 0. The van der Waals surface area contributed by atoms with Crippen LogP contribution >= 0.6 is 0 Å². The van der Waals surface area contributed by atoms with E-state index >= 15 is 0 Å². The maximum absolute atomic E-state index is 4.49. The molecule has 3 aromatic rings. The van der Waals surface area contributed by atoms with E-state index in [1.807, 2.05) is 18.8 Å². The van der Waals surface area contributed by atoms with Crippen molar-refractivity contribution in [2.75, 3.05) is 0 Å². The number of hydrogen-bond donors (Lipinski definition) is 0. The van der Waals surface area contributed by atoms with Gasteiger partial charge >= 0.3 is 5.78 Å². The Morgan fingerprint density at radius 3 is 2.73 bits per heavy atom. The molecule has 0 saturated carbocycles.